The van der Waals surface area contributed by atoms with Gasteiger partial charge in [-0.3, -0.25) is 14.5 Å². The van der Waals surface area contributed by atoms with E-state index in [4.69, 9.17) is 14.6 Å². The van der Waals surface area contributed by atoms with Crippen LogP contribution in [0, 0.1) is 0 Å². The summed E-state index contributed by atoms with van der Waals surface area (Å²) in [6.07, 6.45) is 1.39. The number of aliphatic carboxylic acids is 1. The number of carbonyl (C=O) groups is 2. The number of likely N-dealkylation sites (N-methyl/N-ethyl adjacent to an activating group) is 1. The Balaban J connectivity index is 1.26. The molecule has 8 heteroatoms. The van der Waals surface area contributed by atoms with E-state index < -0.39 is 12.3 Å². The molecule has 4 aromatic carbocycles. The van der Waals surface area contributed by atoms with Gasteiger partial charge in [0.25, 0.3) is 0 Å². The molecule has 1 aliphatic heterocycles. The highest BCUT2D eigenvalue weighted by Gasteiger charge is 2.33. The van der Waals surface area contributed by atoms with Gasteiger partial charge < -0.3 is 25.0 Å². The molecule has 5 rings (SSSR count). The summed E-state index contributed by atoms with van der Waals surface area (Å²) in [5.41, 5.74) is 7.19. The monoisotopic (exact) mass is 650 g/mol. The highest BCUT2D eigenvalue weighted by Crippen LogP contribution is 2.39. The molecule has 0 aliphatic carbocycles. The van der Waals surface area contributed by atoms with Gasteiger partial charge in [-0.2, -0.15) is 0 Å². The van der Waals surface area contributed by atoms with Crippen LogP contribution in [0.15, 0.2) is 103 Å². The number of carboxylic acids is 1. The fourth-order valence-corrected chi connectivity index (χ4v) is 6.04. The quantitative estimate of drug-likeness (QED) is 0.116. The molecule has 252 valence electrons. The summed E-state index contributed by atoms with van der Waals surface area (Å²) in [6.45, 7) is 3.37. The van der Waals surface area contributed by atoms with E-state index in [1.165, 1.54) is 5.56 Å². The highest BCUT2D eigenvalue weighted by atomic mass is 16.7. The number of nitrogens with zero attached hydrogens (tertiary/aromatic N) is 1. The molecule has 48 heavy (non-hydrogen) atoms. The second kappa shape index (κ2) is 17.2. The minimum Gasteiger partial charge on any atom is -0.481 e. The zero-order chi connectivity index (χ0) is 33.9. The third-order valence-electron chi connectivity index (χ3n) is 9.03. The molecule has 1 amide bonds. The number of aliphatic hydroxyl groups excluding tert-OH is 1. The summed E-state index contributed by atoms with van der Waals surface area (Å²) in [5, 5.41) is 21.3. The van der Waals surface area contributed by atoms with E-state index in [9.17, 15) is 14.7 Å². The van der Waals surface area contributed by atoms with Gasteiger partial charge in [0.1, 0.15) is 0 Å². The number of aliphatic hydroxyl groups is 1. The summed E-state index contributed by atoms with van der Waals surface area (Å²) < 4.78 is 13.2. The van der Waals surface area contributed by atoms with Gasteiger partial charge in [-0.1, -0.05) is 97.1 Å². The molecule has 3 N–H and O–H groups in total. The lowest BCUT2D eigenvalue weighted by molar-refractivity contribution is -0.253. The van der Waals surface area contributed by atoms with Crippen LogP contribution in [0.2, 0.25) is 0 Å². The smallest absolute Gasteiger partial charge is 0.303 e. The normalized spacial score (nSPS) is 18.4. The van der Waals surface area contributed by atoms with Crippen LogP contribution in [0.1, 0.15) is 85.3 Å². The minimum absolute atomic E-state index is 0.00239. The number of benzene rings is 4. The van der Waals surface area contributed by atoms with Crippen LogP contribution in [0.25, 0.3) is 11.1 Å². The van der Waals surface area contributed by atoms with E-state index in [2.05, 4.69) is 78.8 Å². The van der Waals surface area contributed by atoms with E-state index in [-0.39, 0.29) is 37.2 Å². The van der Waals surface area contributed by atoms with Gasteiger partial charge in [0.15, 0.2) is 6.29 Å². The van der Waals surface area contributed by atoms with Gasteiger partial charge in [0.05, 0.1) is 18.8 Å². The fraction of sp³-hybridized carbons (Fsp3) is 0.350. The third-order valence-corrected chi connectivity index (χ3v) is 9.03. The van der Waals surface area contributed by atoms with Gasteiger partial charge in [0.2, 0.25) is 5.91 Å². The SMILES string of the molecule is CC(c1ccccc1)N(C)CC1CC(c2ccc(CO)cc2)OC(c2ccc(-c3cccc(CNC(=O)CCCCC(=O)O)c3)cc2)O1. The van der Waals surface area contributed by atoms with Crippen LogP contribution in [0.5, 0.6) is 0 Å². The number of carbonyl (C=O) groups excluding carboxylic acids is 1. The molecule has 0 saturated carbocycles. The summed E-state index contributed by atoms with van der Waals surface area (Å²) in [7, 11) is 2.13. The predicted molar refractivity (Wildman–Crippen MR) is 186 cm³/mol. The maximum atomic E-state index is 12.2. The van der Waals surface area contributed by atoms with Crippen molar-refractivity contribution in [2.45, 2.75) is 76.7 Å². The summed E-state index contributed by atoms with van der Waals surface area (Å²) in [6, 6.07) is 35.0. The molecule has 0 bridgehead atoms. The number of ether oxygens (including phenoxy) is 2. The molecule has 1 aliphatic rings. The minimum atomic E-state index is -0.838. The lowest BCUT2D eigenvalue weighted by Gasteiger charge is -2.39. The zero-order valence-electron chi connectivity index (χ0n) is 27.8. The molecule has 4 atom stereocenters. The summed E-state index contributed by atoms with van der Waals surface area (Å²) >= 11 is 0. The standard InChI is InChI=1S/C40H46N2O6/c1-28(31-10-4-3-5-11-31)42(2)26-36-24-37(33-17-15-29(27-43)16-18-33)48-40(47-36)34-21-19-32(20-22-34)35-12-8-9-30(23-35)25-41-38(44)13-6-7-14-39(45)46/h3-5,8-12,15-23,28,36-37,40,43H,6-7,13-14,24-27H2,1-2H3,(H,41,44)(H,45,46). The van der Waals surface area contributed by atoms with Gasteiger partial charge >= 0.3 is 5.97 Å². The molecule has 1 saturated heterocycles. The average Bonchev–Trinajstić information content (AvgIpc) is 3.12. The number of nitrogens with one attached hydrogen (secondary N) is 1. The summed E-state index contributed by atoms with van der Waals surface area (Å²) in [5.74, 6) is -0.918. The van der Waals surface area contributed by atoms with Gasteiger partial charge in [-0.05, 0) is 66.3 Å². The maximum Gasteiger partial charge on any atom is 0.303 e. The third kappa shape index (κ3) is 9.84. The fourth-order valence-electron chi connectivity index (χ4n) is 6.04. The van der Waals surface area contributed by atoms with Crippen molar-refractivity contribution in [2.75, 3.05) is 13.6 Å². The molecule has 1 heterocycles. The molecular formula is C40H46N2O6. The van der Waals surface area contributed by atoms with E-state index >= 15 is 0 Å². The molecule has 4 unspecified atom stereocenters. The molecule has 8 nitrogen and oxygen atoms in total. The Morgan fingerprint density at radius 1 is 0.833 bits per heavy atom. The maximum absolute atomic E-state index is 12.2. The van der Waals surface area contributed by atoms with Crippen molar-refractivity contribution in [1.82, 2.24) is 10.2 Å². The lowest BCUT2D eigenvalue weighted by Crippen LogP contribution is -2.38. The van der Waals surface area contributed by atoms with Crippen LogP contribution in [-0.2, 0) is 32.2 Å². The number of unbranched alkanes of at least 4 members (excludes halogenated alkanes) is 1. The Morgan fingerprint density at radius 2 is 1.54 bits per heavy atom. The second-order valence-corrected chi connectivity index (χ2v) is 12.6. The Morgan fingerprint density at radius 3 is 2.25 bits per heavy atom. The van der Waals surface area contributed by atoms with Crippen molar-refractivity contribution in [1.29, 1.82) is 0 Å². The van der Waals surface area contributed by atoms with E-state index in [1.54, 1.807) is 0 Å². The first-order chi connectivity index (χ1) is 23.3. The van der Waals surface area contributed by atoms with Gasteiger partial charge in [0, 0.05) is 44.0 Å². The number of carboxylic acid groups (broad SMARTS) is 1. The largest absolute Gasteiger partial charge is 0.481 e. The Bertz CT molecular complexity index is 1610. The van der Waals surface area contributed by atoms with E-state index in [0.29, 0.717) is 32.2 Å². The molecule has 0 aromatic heterocycles. The second-order valence-electron chi connectivity index (χ2n) is 12.6. The molecule has 0 radical (unpaired) electrons. The van der Waals surface area contributed by atoms with Crippen molar-refractivity contribution >= 4 is 11.9 Å². The Hall–Kier alpha value is -4.34. The average molecular weight is 651 g/mol. The number of hydrogen-bond acceptors (Lipinski definition) is 6. The van der Waals surface area contributed by atoms with Crippen molar-refractivity contribution < 1.29 is 29.3 Å². The zero-order valence-corrected chi connectivity index (χ0v) is 27.8. The van der Waals surface area contributed by atoms with Crippen molar-refractivity contribution in [3.8, 4) is 11.1 Å². The number of amides is 1. The van der Waals surface area contributed by atoms with Crippen LogP contribution in [0.4, 0.5) is 0 Å². The van der Waals surface area contributed by atoms with E-state index in [1.807, 2.05) is 48.5 Å². The summed E-state index contributed by atoms with van der Waals surface area (Å²) in [4.78, 5) is 25.2. The van der Waals surface area contributed by atoms with Crippen LogP contribution in [0.3, 0.4) is 0 Å². The Labute approximate surface area is 283 Å². The van der Waals surface area contributed by atoms with Crippen molar-refractivity contribution in [3.63, 3.8) is 0 Å². The molecule has 1 fully saturated rings. The topological polar surface area (TPSA) is 108 Å². The first-order valence-corrected chi connectivity index (χ1v) is 16.7. The number of rotatable bonds is 15. The highest BCUT2D eigenvalue weighted by molar-refractivity contribution is 5.76. The Kier molecular flexibility index (Phi) is 12.5. The predicted octanol–water partition coefficient (Wildman–Crippen LogP) is 7.35. The lowest BCUT2D eigenvalue weighted by atomic mass is 9.98. The van der Waals surface area contributed by atoms with Gasteiger partial charge in [-0.15, -0.1) is 0 Å². The first kappa shape index (κ1) is 35.0. The van der Waals surface area contributed by atoms with Crippen molar-refractivity contribution in [2.24, 2.45) is 0 Å². The first-order valence-electron chi connectivity index (χ1n) is 16.7. The molecular weight excluding hydrogens is 604 g/mol. The number of hydrogen-bond donors (Lipinski definition) is 3. The van der Waals surface area contributed by atoms with Crippen LogP contribution >= 0.6 is 0 Å². The van der Waals surface area contributed by atoms with Crippen LogP contribution < -0.4 is 5.32 Å². The van der Waals surface area contributed by atoms with Crippen molar-refractivity contribution in [3.05, 3.63) is 131 Å². The molecule has 0 spiro atoms. The van der Waals surface area contributed by atoms with Gasteiger partial charge in [-0.25, -0.2) is 0 Å². The van der Waals surface area contributed by atoms with E-state index in [0.717, 1.165) is 39.9 Å². The van der Waals surface area contributed by atoms with Crippen LogP contribution in [-0.4, -0.2) is 46.7 Å². The molecule has 4 aromatic rings.